The summed E-state index contributed by atoms with van der Waals surface area (Å²) in [4.78, 5) is 22.6. The first-order chi connectivity index (χ1) is 12.7. The predicted molar refractivity (Wildman–Crippen MR) is 99.3 cm³/mol. The standard InChI is InChI=1S/C21H21N3O2/c25-19-5-1-3-13-7-9-18-15(20(13)19)4-2-10-24(18)21(26)14-6-8-16-17(11-14)23-12-22-16/h1,3,5-6,8,11-12,15,18,25H,2,4,7,9-10H2,(H,22,23)/t15-,18-/m1/s1. The molecule has 1 amide bonds. The first kappa shape index (κ1) is 15.4. The molecule has 0 spiro atoms. The summed E-state index contributed by atoms with van der Waals surface area (Å²) in [6.07, 6.45) is 5.51. The van der Waals surface area contributed by atoms with E-state index in [4.69, 9.17) is 0 Å². The summed E-state index contributed by atoms with van der Waals surface area (Å²) in [7, 11) is 0. The molecule has 2 aromatic carbocycles. The van der Waals surface area contributed by atoms with Gasteiger partial charge < -0.3 is 15.0 Å². The van der Waals surface area contributed by atoms with Gasteiger partial charge in [0.2, 0.25) is 0 Å². The average molecular weight is 347 g/mol. The smallest absolute Gasteiger partial charge is 0.254 e. The molecule has 2 aliphatic rings. The van der Waals surface area contributed by atoms with Crippen LogP contribution in [-0.2, 0) is 6.42 Å². The summed E-state index contributed by atoms with van der Waals surface area (Å²) >= 11 is 0. The molecule has 2 N–H and O–H groups in total. The van der Waals surface area contributed by atoms with Crippen LogP contribution in [0, 0.1) is 0 Å². The maximum Gasteiger partial charge on any atom is 0.254 e. The fourth-order valence-corrected chi connectivity index (χ4v) is 4.79. The van der Waals surface area contributed by atoms with Crippen LogP contribution in [0.2, 0.25) is 0 Å². The molecule has 0 bridgehead atoms. The molecule has 1 saturated heterocycles. The molecule has 132 valence electrons. The summed E-state index contributed by atoms with van der Waals surface area (Å²) in [5.74, 6) is 0.689. The van der Waals surface area contributed by atoms with Gasteiger partial charge in [0, 0.05) is 29.6 Å². The number of aryl methyl sites for hydroxylation is 1. The highest BCUT2D eigenvalue weighted by Crippen LogP contribution is 2.44. The van der Waals surface area contributed by atoms with E-state index in [2.05, 4.69) is 16.0 Å². The van der Waals surface area contributed by atoms with Crippen molar-refractivity contribution in [1.82, 2.24) is 14.9 Å². The molecule has 2 heterocycles. The second kappa shape index (κ2) is 5.87. The van der Waals surface area contributed by atoms with Crippen molar-refractivity contribution in [2.75, 3.05) is 6.54 Å². The lowest BCUT2D eigenvalue weighted by Crippen LogP contribution is -2.49. The first-order valence-corrected chi connectivity index (χ1v) is 9.27. The zero-order valence-corrected chi connectivity index (χ0v) is 14.5. The molecule has 0 radical (unpaired) electrons. The zero-order valence-electron chi connectivity index (χ0n) is 14.5. The number of carbonyl (C=O) groups excluding carboxylic acids is 1. The number of hydrogen-bond donors (Lipinski definition) is 2. The molecule has 5 rings (SSSR count). The summed E-state index contributed by atoms with van der Waals surface area (Å²) in [6, 6.07) is 11.6. The Morgan fingerprint density at radius 3 is 3.08 bits per heavy atom. The number of benzene rings is 2. The minimum Gasteiger partial charge on any atom is -0.508 e. The second-order valence-electron chi connectivity index (χ2n) is 7.34. The Balaban J connectivity index is 1.50. The van der Waals surface area contributed by atoms with Crippen LogP contribution >= 0.6 is 0 Å². The fraction of sp³-hybridized carbons (Fsp3) is 0.333. The number of piperidine rings is 1. The number of fused-ring (bicyclic) bond motifs is 4. The lowest BCUT2D eigenvalue weighted by atomic mass is 9.73. The number of aromatic nitrogens is 2. The van der Waals surface area contributed by atoms with Gasteiger partial charge in [0.1, 0.15) is 5.75 Å². The quantitative estimate of drug-likeness (QED) is 0.707. The average Bonchev–Trinajstić information content (AvgIpc) is 3.14. The third kappa shape index (κ3) is 2.30. The molecule has 26 heavy (non-hydrogen) atoms. The number of H-pyrrole nitrogens is 1. The highest BCUT2D eigenvalue weighted by atomic mass is 16.3. The first-order valence-electron chi connectivity index (χ1n) is 9.27. The van der Waals surface area contributed by atoms with Gasteiger partial charge in [-0.15, -0.1) is 0 Å². The number of phenols is 1. The lowest BCUT2D eigenvalue weighted by Gasteiger charge is -2.45. The van der Waals surface area contributed by atoms with Gasteiger partial charge in [0.05, 0.1) is 17.4 Å². The van der Waals surface area contributed by atoms with Crippen molar-refractivity contribution in [2.45, 2.75) is 37.6 Å². The number of carbonyl (C=O) groups is 1. The van der Waals surface area contributed by atoms with Crippen LogP contribution in [0.15, 0.2) is 42.7 Å². The largest absolute Gasteiger partial charge is 0.508 e. The number of nitrogens with zero attached hydrogens (tertiary/aromatic N) is 2. The number of nitrogens with one attached hydrogen (secondary N) is 1. The number of rotatable bonds is 1. The molecule has 5 nitrogen and oxygen atoms in total. The Morgan fingerprint density at radius 1 is 1.23 bits per heavy atom. The van der Waals surface area contributed by atoms with Gasteiger partial charge in [-0.2, -0.15) is 0 Å². The number of imidazole rings is 1. The Hall–Kier alpha value is -2.82. The van der Waals surface area contributed by atoms with E-state index in [9.17, 15) is 9.90 Å². The minimum atomic E-state index is 0.0788. The zero-order chi connectivity index (χ0) is 17.7. The van der Waals surface area contributed by atoms with Gasteiger partial charge in [-0.25, -0.2) is 4.98 Å². The second-order valence-corrected chi connectivity index (χ2v) is 7.34. The topological polar surface area (TPSA) is 69.2 Å². The molecule has 1 aliphatic carbocycles. The SMILES string of the molecule is O=C(c1ccc2nc[nH]c2c1)N1CCC[C@H]2c3c(O)cccc3CC[C@H]21. The molecule has 0 saturated carbocycles. The Kier molecular flexibility index (Phi) is 3.48. The van der Waals surface area contributed by atoms with Crippen molar-refractivity contribution >= 4 is 16.9 Å². The summed E-state index contributed by atoms with van der Waals surface area (Å²) in [5.41, 5.74) is 4.75. The Labute approximate surface area is 151 Å². The number of likely N-dealkylation sites (tertiary alicyclic amines) is 1. The lowest BCUT2D eigenvalue weighted by molar-refractivity contribution is 0.0544. The van der Waals surface area contributed by atoms with E-state index in [0.29, 0.717) is 11.3 Å². The van der Waals surface area contributed by atoms with Crippen molar-refractivity contribution in [2.24, 2.45) is 0 Å². The molecule has 0 unspecified atom stereocenters. The van der Waals surface area contributed by atoms with Gasteiger partial charge >= 0.3 is 0 Å². The molecule has 1 fully saturated rings. The van der Waals surface area contributed by atoms with Crippen LogP contribution in [-0.4, -0.2) is 38.5 Å². The van der Waals surface area contributed by atoms with Gasteiger partial charge in [0.25, 0.3) is 5.91 Å². The molecule has 1 aliphatic heterocycles. The summed E-state index contributed by atoms with van der Waals surface area (Å²) in [6.45, 7) is 0.782. The van der Waals surface area contributed by atoms with Crippen molar-refractivity contribution in [1.29, 1.82) is 0 Å². The van der Waals surface area contributed by atoms with Gasteiger partial charge in [-0.05, 0) is 55.5 Å². The van der Waals surface area contributed by atoms with E-state index in [1.54, 1.807) is 12.4 Å². The van der Waals surface area contributed by atoms with Crippen molar-refractivity contribution in [3.05, 3.63) is 59.4 Å². The van der Waals surface area contributed by atoms with E-state index in [0.717, 1.165) is 48.8 Å². The van der Waals surface area contributed by atoms with E-state index in [1.165, 1.54) is 5.56 Å². The molecule has 2 atom stereocenters. The van der Waals surface area contributed by atoms with Crippen LogP contribution < -0.4 is 0 Å². The molecular weight excluding hydrogens is 326 g/mol. The van der Waals surface area contributed by atoms with Gasteiger partial charge in [0.15, 0.2) is 0 Å². The molecule has 3 aromatic rings. The summed E-state index contributed by atoms with van der Waals surface area (Å²) < 4.78 is 0. The minimum absolute atomic E-state index is 0.0788. The molecule has 5 heteroatoms. The number of hydrogen-bond acceptors (Lipinski definition) is 3. The van der Waals surface area contributed by atoms with Gasteiger partial charge in [-0.1, -0.05) is 12.1 Å². The van der Waals surface area contributed by atoms with E-state index in [-0.39, 0.29) is 17.9 Å². The fourth-order valence-electron chi connectivity index (χ4n) is 4.79. The number of aromatic amines is 1. The van der Waals surface area contributed by atoms with Crippen molar-refractivity contribution in [3.8, 4) is 5.75 Å². The summed E-state index contributed by atoms with van der Waals surface area (Å²) in [5, 5.41) is 10.4. The van der Waals surface area contributed by atoms with Crippen LogP contribution in [0.3, 0.4) is 0 Å². The third-order valence-electron chi connectivity index (χ3n) is 5.96. The number of aromatic hydroxyl groups is 1. The van der Waals surface area contributed by atoms with Crippen molar-refractivity contribution in [3.63, 3.8) is 0 Å². The van der Waals surface area contributed by atoms with E-state index in [1.807, 2.05) is 29.2 Å². The highest BCUT2D eigenvalue weighted by Gasteiger charge is 2.39. The monoisotopic (exact) mass is 347 g/mol. The maximum absolute atomic E-state index is 13.2. The van der Waals surface area contributed by atoms with Crippen LogP contribution in [0.5, 0.6) is 5.75 Å². The Bertz CT molecular complexity index is 994. The predicted octanol–water partition coefficient (Wildman–Crippen LogP) is 3.60. The van der Waals surface area contributed by atoms with E-state index < -0.39 is 0 Å². The third-order valence-corrected chi connectivity index (χ3v) is 5.96. The Morgan fingerprint density at radius 2 is 2.15 bits per heavy atom. The van der Waals surface area contributed by atoms with Crippen LogP contribution in [0.4, 0.5) is 0 Å². The normalized spacial score (nSPS) is 22.1. The van der Waals surface area contributed by atoms with Crippen LogP contribution in [0.1, 0.15) is 46.7 Å². The number of phenolic OH excluding ortho intramolecular Hbond substituents is 1. The highest BCUT2D eigenvalue weighted by molar-refractivity contribution is 5.97. The molecular formula is C21H21N3O2. The molecule has 1 aromatic heterocycles. The number of amides is 1. The van der Waals surface area contributed by atoms with Crippen LogP contribution in [0.25, 0.3) is 11.0 Å². The maximum atomic E-state index is 13.2. The van der Waals surface area contributed by atoms with E-state index >= 15 is 0 Å². The van der Waals surface area contributed by atoms with Crippen molar-refractivity contribution < 1.29 is 9.90 Å². The van der Waals surface area contributed by atoms with Gasteiger partial charge in [-0.3, -0.25) is 4.79 Å².